The fourth-order valence-electron chi connectivity index (χ4n) is 1.74. The Bertz CT molecular complexity index is 523. The Morgan fingerprint density at radius 1 is 1.33 bits per heavy atom. The quantitative estimate of drug-likeness (QED) is 0.922. The SMILES string of the molecule is CCCNc1ncnc(-n2cc(Br)cn2)c1CC. The van der Waals surface area contributed by atoms with E-state index in [2.05, 4.69) is 50.2 Å². The normalized spacial score (nSPS) is 10.6. The van der Waals surface area contributed by atoms with Crippen molar-refractivity contribution in [3.05, 3.63) is 28.8 Å². The first-order valence-corrected chi connectivity index (χ1v) is 6.83. The monoisotopic (exact) mass is 309 g/mol. The molecule has 5 nitrogen and oxygen atoms in total. The van der Waals surface area contributed by atoms with Crippen LogP contribution in [0.1, 0.15) is 25.8 Å². The smallest absolute Gasteiger partial charge is 0.162 e. The Balaban J connectivity index is 2.41. The van der Waals surface area contributed by atoms with Crippen LogP contribution in [0.2, 0.25) is 0 Å². The molecule has 0 fully saturated rings. The summed E-state index contributed by atoms with van der Waals surface area (Å²) in [4.78, 5) is 8.64. The molecule has 0 atom stereocenters. The zero-order valence-corrected chi connectivity index (χ0v) is 12.1. The number of halogens is 1. The fraction of sp³-hybridized carbons (Fsp3) is 0.417. The summed E-state index contributed by atoms with van der Waals surface area (Å²) in [5.74, 6) is 1.73. The average molecular weight is 310 g/mol. The van der Waals surface area contributed by atoms with Gasteiger partial charge in [0.25, 0.3) is 0 Å². The molecule has 0 bridgehead atoms. The second-order valence-electron chi connectivity index (χ2n) is 3.91. The van der Waals surface area contributed by atoms with E-state index < -0.39 is 0 Å². The predicted molar refractivity (Wildman–Crippen MR) is 75.0 cm³/mol. The van der Waals surface area contributed by atoms with Gasteiger partial charge in [0.2, 0.25) is 0 Å². The first-order chi connectivity index (χ1) is 8.76. The molecule has 0 aliphatic heterocycles. The van der Waals surface area contributed by atoms with E-state index in [1.807, 2.05) is 6.20 Å². The number of nitrogens with zero attached hydrogens (tertiary/aromatic N) is 4. The highest BCUT2D eigenvalue weighted by Gasteiger charge is 2.11. The summed E-state index contributed by atoms with van der Waals surface area (Å²) >= 11 is 3.39. The van der Waals surface area contributed by atoms with Gasteiger partial charge >= 0.3 is 0 Å². The molecule has 2 aromatic rings. The van der Waals surface area contributed by atoms with E-state index in [4.69, 9.17) is 0 Å². The average Bonchev–Trinajstić information content (AvgIpc) is 2.82. The molecule has 0 radical (unpaired) electrons. The van der Waals surface area contributed by atoms with Gasteiger partial charge in [-0.15, -0.1) is 0 Å². The van der Waals surface area contributed by atoms with Gasteiger partial charge < -0.3 is 5.32 Å². The minimum atomic E-state index is 0.830. The molecule has 0 aliphatic carbocycles. The van der Waals surface area contributed by atoms with Crippen LogP contribution < -0.4 is 5.32 Å². The molecule has 1 N–H and O–H groups in total. The molecule has 0 spiro atoms. The van der Waals surface area contributed by atoms with Crippen LogP contribution in [0.5, 0.6) is 0 Å². The number of hydrogen-bond acceptors (Lipinski definition) is 4. The minimum Gasteiger partial charge on any atom is -0.370 e. The van der Waals surface area contributed by atoms with E-state index in [1.165, 1.54) is 0 Å². The van der Waals surface area contributed by atoms with E-state index in [0.717, 1.165) is 41.1 Å². The van der Waals surface area contributed by atoms with E-state index in [1.54, 1.807) is 17.2 Å². The van der Waals surface area contributed by atoms with Crippen LogP contribution in [0.25, 0.3) is 5.82 Å². The van der Waals surface area contributed by atoms with Crippen molar-refractivity contribution in [1.29, 1.82) is 0 Å². The first kappa shape index (κ1) is 13.0. The van der Waals surface area contributed by atoms with Crippen LogP contribution in [0.4, 0.5) is 5.82 Å². The van der Waals surface area contributed by atoms with Crippen molar-refractivity contribution in [2.45, 2.75) is 26.7 Å². The number of hydrogen-bond donors (Lipinski definition) is 1. The lowest BCUT2D eigenvalue weighted by Crippen LogP contribution is -2.10. The molecular weight excluding hydrogens is 294 g/mol. The summed E-state index contributed by atoms with van der Waals surface area (Å²) in [6.07, 6.45) is 7.14. The van der Waals surface area contributed by atoms with Crippen LogP contribution in [0.3, 0.4) is 0 Å². The van der Waals surface area contributed by atoms with Crippen molar-refractivity contribution in [1.82, 2.24) is 19.7 Å². The predicted octanol–water partition coefficient (Wildman–Crippen LogP) is 2.81. The molecule has 0 unspecified atom stereocenters. The van der Waals surface area contributed by atoms with Crippen molar-refractivity contribution in [3.63, 3.8) is 0 Å². The lowest BCUT2D eigenvalue weighted by Gasteiger charge is -2.12. The van der Waals surface area contributed by atoms with Gasteiger partial charge in [-0.1, -0.05) is 13.8 Å². The number of rotatable bonds is 5. The van der Waals surface area contributed by atoms with Crippen molar-refractivity contribution in [2.75, 3.05) is 11.9 Å². The maximum atomic E-state index is 4.33. The summed E-state index contributed by atoms with van der Waals surface area (Å²) in [7, 11) is 0. The third-order valence-corrected chi connectivity index (χ3v) is 3.00. The van der Waals surface area contributed by atoms with E-state index in [-0.39, 0.29) is 0 Å². The zero-order valence-electron chi connectivity index (χ0n) is 10.5. The molecule has 0 saturated carbocycles. The maximum Gasteiger partial charge on any atom is 0.162 e. The molecule has 2 aromatic heterocycles. The number of nitrogens with one attached hydrogen (secondary N) is 1. The molecule has 0 aromatic carbocycles. The van der Waals surface area contributed by atoms with Crippen molar-refractivity contribution >= 4 is 21.7 Å². The highest BCUT2D eigenvalue weighted by molar-refractivity contribution is 9.10. The molecule has 2 heterocycles. The van der Waals surface area contributed by atoms with Gasteiger partial charge in [0.05, 0.1) is 10.7 Å². The Morgan fingerprint density at radius 2 is 2.17 bits per heavy atom. The van der Waals surface area contributed by atoms with Gasteiger partial charge in [-0.05, 0) is 28.8 Å². The van der Waals surface area contributed by atoms with Gasteiger partial charge in [0.1, 0.15) is 12.1 Å². The fourth-order valence-corrected chi connectivity index (χ4v) is 2.02. The molecule has 0 aliphatic rings. The van der Waals surface area contributed by atoms with Gasteiger partial charge in [-0.25, -0.2) is 14.6 Å². The molecule has 2 rings (SSSR count). The summed E-state index contributed by atoms with van der Waals surface area (Å²) < 4.78 is 2.70. The molecule has 18 heavy (non-hydrogen) atoms. The second kappa shape index (κ2) is 5.95. The molecule has 96 valence electrons. The topological polar surface area (TPSA) is 55.6 Å². The number of anilines is 1. The maximum absolute atomic E-state index is 4.33. The molecule has 0 saturated heterocycles. The Hall–Kier alpha value is -1.43. The summed E-state index contributed by atoms with van der Waals surface area (Å²) in [6.45, 7) is 5.13. The standard InChI is InChI=1S/C12H16BrN5/c1-3-5-14-11-10(4-2)12(16-8-15-11)18-7-9(13)6-17-18/h6-8H,3-5H2,1-2H3,(H,14,15,16). The van der Waals surface area contributed by atoms with Crippen LogP contribution in [-0.2, 0) is 6.42 Å². The molecule has 0 amide bonds. The van der Waals surface area contributed by atoms with Crippen molar-refractivity contribution in [3.8, 4) is 5.82 Å². The third-order valence-electron chi connectivity index (χ3n) is 2.59. The lowest BCUT2D eigenvalue weighted by molar-refractivity contribution is 0.816. The van der Waals surface area contributed by atoms with E-state index >= 15 is 0 Å². The Labute approximate surface area is 115 Å². The highest BCUT2D eigenvalue weighted by Crippen LogP contribution is 2.20. The van der Waals surface area contributed by atoms with Gasteiger partial charge in [0, 0.05) is 18.3 Å². The zero-order chi connectivity index (χ0) is 13.0. The van der Waals surface area contributed by atoms with Crippen LogP contribution in [0.15, 0.2) is 23.2 Å². The molecule has 6 heteroatoms. The van der Waals surface area contributed by atoms with Crippen molar-refractivity contribution < 1.29 is 0 Å². The third kappa shape index (κ3) is 2.69. The lowest BCUT2D eigenvalue weighted by atomic mass is 10.2. The highest BCUT2D eigenvalue weighted by atomic mass is 79.9. The Kier molecular flexibility index (Phi) is 4.30. The van der Waals surface area contributed by atoms with Crippen LogP contribution >= 0.6 is 15.9 Å². The van der Waals surface area contributed by atoms with E-state index in [9.17, 15) is 0 Å². The van der Waals surface area contributed by atoms with Gasteiger partial charge in [-0.2, -0.15) is 5.10 Å². The van der Waals surface area contributed by atoms with E-state index in [0.29, 0.717) is 0 Å². The second-order valence-corrected chi connectivity index (χ2v) is 4.82. The van der Waals surface area contributed by atoms with Gasteiger partial charge in [-0.3, -0.25) is 0 Å². The first-order valence-electron chi connectivity index (χ1n) is 6.04. The number of aromatic nitrogens is 4. The Morgan fingerprint density at radius 3 is 2.78 bits per heavy atom. The molecular formula is C12H16BrN5. The van der Waals surface area contributed by atoms with Crippen LogP contribution in [-0.4, -0.2) is 26.3 Å². The van der Waals surface area contributed by atoms with Crippen molar-refractivity contribution in [2.24, 2.45) is 0 Å². The minimum absolute atomic E-state index is 0.830. The summed E-state index contributed by atoms with van der Waals surface area (Å²) in [5.41, 5.74) is 1.08. The largest absolute Gasteiger partial charge is 0.370 e. The summed E-state index contributed by atoms with van der Waals surface area (Å²) in [6, 6.07) is 0. The van der Waals surface area contributed by atoms with Crippen LogP contribution in [0, 0.1) is 0 Å². The van der Waals surface area contributed by atoms with Gasteiger partial charge in [0.15, 0.2) is 5.82 Å². The summed E-state index contributed by atoms with van der Waals surface area (Å²) in [5, 5.41) is 7.59.